The molecule has 4 rings (SSSR count). The molecule has 1 aliphatic heterocycles. The fraction of sp³-hybridized carbons (Fsp3) is 0.647. The molecule has 0 amide bonds. The molecular weight excluding hydrogens is 290 g/mol. The molecule has 2 aromatic heterocycles. The van der Waals surface area contributed by atoms with Crippen molar-refractivity contribution in [1.82, 2.24) is 25.0 Å². The molecule has 1 aliphatic carbocycles. The van der Waals surface area contributed by atoms with E-state index in [0.717, 1.165) is 55.6 Å². The molecular formula is C17H25N5O. The summed E-state index contributed by atoms with van der Waals surface area (Å²) in [5.41, 5.74) is 3.18. The van der Waals surface area contributed by atoms with E-state index in [1.165, 1.54) is 18.4 Å². The highest BCUT2D eigenvalue weighted by molar-refractivity contribution is 5.78. The van der Waals surface area contributed by atoms with Gasteiger partial charge in [-0.3, -0.25) is 9.58 Å². The fourth-order valence-corrected chi connectivity index (χ4v) is 3.46. The summed E-state index contributed by atoms with van der Waals surface area (Å²) < 4.78 is 7.72. The number of hydrogen-bond donors (Lipinski definition) is 1. The first-order chi connectivity index (χ1) is 11.2. The van der Waals surface area contributed by atoms with E-state index in [1.807, 2.05) is 24.9 Å². The highest BCUT2D eigenvalue weighted by Gasteiger charge is 2.32. The number of fused-ring (bicyclic) bond motifs is 1. The van der Waals surface area contributed by atoms with Crippen molar-refractivity contribution in [3.63, 3.8) is 0 Å². The van der Waals surface area contributed by atoms with Gasteiger partial charge in [0.1, 0.15) is 0 Å². The Morgan fingerprint density at radius 1 is 1.39 bits per heavy atom. The van der Waals surface area contributed by atoms with Crippen molar-refractivity contribution in [3.8, 4) is 0 Å². The van der Waals surface area contributed by atoms with Crippen LogP contribution in [0.1, 0.15) is 24.1 Å². The largest absolute Gasteiger partial charge is 0.374 e. The van der Waals surface area contributed by atoms with Crippen molar-refractivity contribution < 1.29 is 4.74 Å². The lowest BCUT2D eigenvalue weighted by Gasteiger charge is -2.33. The first kappa shape index (κ1) is 15.1. The Kier molecular flexibility index (Phi) is 4.05. The molecule has 2 aromatic rings. The maximum atomic E-state index is 5.88. The average Bonchev–Trinajstić information content (AvgIpc) is 3.36. The SMILES string of the molecule is Cc1nn(C)c2ncc(CNCC3CN(C4CC4)CCO3)cc12. The Balaban J connectivity index is 1.33. The fourth-order valence-electron chi connectivity index (χ4n) is 3.46. The maximum absolute atomic E-state index is 5.88. The number of morpholine rings is 1. The van der Waals surface area contributed by atoms with E-state index < -0.39 is 0 Å². The van der Waals surface area contributed by atoms with E-state index in [4.69, 9.17) is 4.74 Å². The zero-order valence-corrected chi connectivity index (χ0v) is 14.0. The number of nitrogens with zero attached hydrogens (tertiary/aromatic N) is 4. The van der Waals surface area contributed by atoms with E-state index in [1.54, 1.807) is 0 Å². The molecule has 3 heterocycles. The number of nitrogens with one attached hydrogen (secondary N) is 1. The lowest BCUT2D eigenvalue weighted by molar-refractivity contribution is -0.0301. The van der Waals surface area contributed by atoms with Crippen molar-refractivity contribution in [3.05, 3.63) is 23.5 Å². The molecule has 1 saturated carbocycles. The lowest BCUT2D eigenvalue weighted by Crippen LogP contribution is -2.47. The zero-order chi connectivity index (χ0) is 15.8. The Morgan fingerprint density at radius 3 is 3.09 bits per heavy atom. The number of aromatic nitrogens is 3. The van der Waals surface area contributed by atoms with Gasteiger partial charge in [-0.15, -0.1) is 0 Å². The molecule has 6 heteroatoms. The standard InChI is InChI=1S/C17H25N5O/c1-12-16-7-13(9-19-17(16)21(2)20-12)8-18-10-15-11-22(5-6-23-15)14-3-4-14/h7,9,14-15,18H,3-6,8,10-11H2,1-2H3. The Hall–Kier alpha value is -1.50. The number of pyridine rings is 1. The van der Waals surface area contributed by atoms with Crippen LogP contribution in [0.15, 0.2) is 12.3 Å². The van der Waals surface area contributed by atoms with E-state index in [0.29, 0.717) is 6.10 Å². The molecule has 124 valence electrons. The minimum atomic E-state index is 0.307. The van der Waals surface area contributed by atoms with Gasteiger partial charge in [0, 0.05) is 50.9 Å². The van der Waals surface area contributed by atoms with Gasteiger partial charge < -0.3 is 10.1 Å². The molecule has 6 nitrogen and oxygen atoms in total. The second-order valence-corrected chi connectivity index (χ2v) is 6.77. The second-order valence-electron chi connectivity index (χ2n) is 6.77. The molecule has 0 aromatic carbocycles. The molecule has 0 bridgehead atoms. The highest BCUT2D eigenvalue weighted by atomic mass is 16.5. The first-order valence-electron chi connectivity index (χ1n) is 8.55. The number of rotatable bonds is 5. The lowest BCUT2D eigenvalue weighted by atomic mass is 10.2. The first-order valence-corrected chi connectivity index (χ1v) is 8.55. The predicted molar refractivity (Wildman–Crippen MR) is 89.3 cm³/mol. The van der Waals surface area contributed by atoms with E-state index in [2.05, 4.69) is 26.4 Å². The molecule has 0 spiro atoms. The zero-order valence-electron chi connectivity index (χ0n) is 14.0. The molecule has 1 N–H and O–H groups in total. The number of ether oxygens (including phenoxy) is 1. The number of aryl methyl sites for hydroxylation is 2. The summed E-state index contributed by atoms with van der Waals surface area (Å²) in [6.45, 7) is 6.78. The highest BCUT2D eigenvalue weighted by Crippen LogP contribution is 2.28. The summed E-state index contributed by atoms with van der Waals surface area (Å²) in [6.07, 6.45) is 4.99. The molecule has 1 saturated heterocycles. The van der Waals surface area contributed by atoms with Gasteiger partial charge in [0.15, 0.2) is 5.65 Å². The third-order valence-corrected chi connectivity index (χ3v) is 4.85. The van der Waals surface area contributed by atoms with Crippen molar-refractivity contribution in [2.45, 2.75) is 38.5 Å². The van der Waals surface area contributed by atoms with Gasteiger partial charge in [-0.05, 0) is 31.4 Å². The van der Waals surface area contributed by atoms with Crippen LogP contribution in [-0.4, -0.2) is 58.1 Å². The van der Waals surface area contributed by atoms with E-state index in [9.17, 15) is 0 Å². The van der Waals surface area contributed by atoms with Gasteiger partial charge in [0.2, 0.25) is 0 Å². The molecule has 1 unspecified atom stereocenters. The smallest absolute Gasteiger partial charge is 0.157 e. The van der Waals surface area contributed by atoms with Crippen LogP contribution in [0.2, 0.25) is 0 Å². The van der Waals surface area contributed by atoms with Crippen LogP contribution in [0.4, 0.5) is 0 Å². The maximum Gasteiger partial charge on any atom is 0.157 e. The minimum absolute atomic E-state index is 0.307. The summed E-state index contributed by atoms with van der Waals surface area (Å²) in [7, 11) is 1.94. The quantitative estimate of drug-likeness (QED) is 0.899. The summed E-state index contributed by atoms with van der Waals surface area (Å²) >= 11 is 0. The Bertz CT molecular complexity index is 694. The Labute approximate surface area is 136 Å². The van der Waals surface area contributed by atoms with Gasteiger partial charge in [0.25, 0.3) is 0 Å². The molecule has 0 radical (unpaired) electrons. The van der Waals surface area contributed by atoms with Crippen LogP contribution in [0, 0.1) is 6.92 Å². The number of hydrogen-bond acceptors (Lipinski definition) is 5. The van der Waals surface area contributed by atoms with Crippen LogP contribution < -0.4 is 5.32 Å². The molecule has 23 heavy (non-hydrogen) atoms. The van der Waals surface area contributed by atoms with Crippen LogP contribution in [0.3, 0.4) is 0 Å². The van der Waals surface area contributed by atoms with E-state index in [-0.39, 0.29) is 0 Å². The molecule has 2 aliphatic rings. The van der Waals surface area contributed by atoms with Crippen LogP contribution in [0.5, 0.6) is 0 Å². The summed E-state index contributed by atoms with van der Waals surface area (Å²) in [5.74, 6) is 0. The van der Waals surface area contributed by atoms with Gasteiger partial charge in [0.05, 0.1) is 18.4 Å². The monoisotopic (exact) mass is 315 g/mol. The second kappa shape index (κ2) is 6.19. The summed E-state index contributed by atoms with van der Waals surface area (Å²) in [4.78, 5) is 7.12. The summed E-state index contributed by atoms with van der Waals surface area (Å²) in [5, 5.41) is 9.09. The molecule has 2 fully saturated rings. The topological polar surface area (TPSA) is 55.2 Å². The van der Waals surface area contributed by atoms with Crippen LogP contribution in [0.25, 0.3) is 11.0 Å². The Morgan fingerprint density at radius 2 is 2.26 bits per heavy atom. The van der Waals surface area contributed by atoms with Crippen molar-refractivity contribution in [2.24, 2.45) is 7.05 Å². The van der Waals surface area contributed by atoms with Gasteiger partial charge in [-0.1, -0.05) is 0 Å². The van der Waals surface area contributed by atoms with E-state index >= 15 is 0 Å². The third kappa shape index (κ3) is 3.24. The summed E-state index contributed by atoms with van der Waals surface area (Å²) in [6, 6.07) is 3.03. The normalized spacial score (nSPS) is 22.8. The van der Waals surface area contributed by atoms with Crippen molar-refractivity contribution in [2.75, 3.05) is 26.2 Å². The minimum Gasteiger partial charge on any atom is -0.374 e. The van der Waals surface area contributed by atoms with Crippen molar-refractivity contribution >= 4 is 11.0 Å². The third-order valence-electron chi connectivity index (χ3n) is 4.85. The van der Waals surface area contributed by atoms with Gasteiger partial charge >= 0.3 is 0 Å². The van der Waals surface area contributed by atoms with Crippen LogP contribution in [-0.2, 0) is 18.3 Å². The van der Waals surface area contributed by atoms with Crippen LogP contribution >= 0.6 is 0 Å². The van der Waals surface area contributed by atoms with Gasteiger partial charge in [-0.25, -0.2) is 4.98 Å². The average molecular weight is 315 g/mol. The van der Waals surface area contributed by atoms with Crippen molar-refractivity contribution in [1.29, 1.82) is 0 Å². The molecule has 1 atom stereocenters. The van der Waals surface area contributed by atoms with Gasteiger partial charge in [-0.2, -0.15) is 5.10 Å². The predicted octanol–water partition coefficient (Wildman–Crippen LogP) is 1.23.